The lowest BCUT2D eigenvalue weighted by Gasteiger charge is -2.25. The molecule has 0 aromatic heterocycles. The highest BCUT2D eigenvalue weighted by molar-refractivity contribution is 14.1. The first-order chi connectivity index (χ1) is 8.65. The van der Waals surface area contributed by atoms with Crippen molar-refractivity contribution >= 4 is 40.1 Å². The Morgan fingerprint density at radius 3 is 2.72 bits per heavy atom. The Morgan fingerprint density at radius 1 is 1.33 bits per heavy atom. The summed E-state index contributed by atoms with van der Waals surface area (Å²) >= 11 is 8.38. The highest BCUT2D eigenvalue weighted by Crippen LogP contribution is 2.27. The molecule has 4 heteroatoms. The number of hydrogen-bond donors (Lipinski definition) is 1. The Kier molecular flexibility index (Phi) is 5.30. The van der Waals surface area contributed by atoms with Gasteiger partial charge in [-0.2, -0.15) is 0 Å². The highest BCUT2D eigenvalue weighted by Gasteiger charge is 2.20. The van der Waals surface area contributed by atoms with Crippen molar-refractivity contribution in [3.05, 3.63) is 33.4 Å². The van der Waals surface area contributed by atoms with E-state index in [9.17, 15) is 4.79 Å². The second kappa shape index (κ2) is 6.75. The summed E-state index contributed by atoms with van der Waals surface area (Å²) in [6.45, 7) is 0.744. The standard InChI is InChI=1S/C14H17ClINO/c15-12-3-1-2-10(8-12)9-17-14(18)11-4-6-13(16)7-5-11/h4-7,10,12H,1-3,8-9H2,(H,17,18). The van der Waals surface area contributed by atoms with E-state index in [4.69, 9.17) is 11.6 Å². The van der Waals surface area contributed by atoms with E-state index in [0.29, 0.717) is 11.3 Å². The maximum absolute atomic E-state index is 11.9. The van der Waals surface area contributed by atoms with Crippen LogP contribution in [0, 0.1) is 9.49 Å². The minimum Gasteiger partial charge on any atom is -0.352 e. The van der Waals surface area contributed by atoms with Crippen LogP contribution in [0.2, 0.25) is 0 Å². The average molecular weight is 378 g/mol. The molecule has 0 spiro atoms. The molecule has 1 aliphatic rings. The van der Waals surface area contributed by atoms with Crippen LogP contribution in [0.1, 0.15) is 36.0 Å². The molecule has 1 aliphatic carbocycles. The third-order valence-electron chi connectivity index (χ3n) is 3.38. The molecule has 0 heterocycles. The van der Waals surface area contributed by atoms with E-state index >= 15 is 0 Å². The molecule has 0 saturated heterocycles. The van der Waals surface area contributed by atoms with Crippen LogP contribution in [0.4, 0.5) is 0 Å². The van der Waals surface area contributed by atoms with E-state index in [1.165, 1.54) is 12.8 Å². The zero-order chi connectivity index (χ0) is 13.0. The van der Waals surface area contributed by atoms with Gasteiger partial charge in [0.1, 0.15) is 0 Å². The lowest BCUT2D eigenvalue weighted by Crippen LogP contribution is -2.32. The minimum absolute atomic E-state index is 0.0168. The van der Waals surface area contributed by atoms with E-state index in [1.54, 1.807) is 0 Å². The molecule has 1 N–H and O–H groups in total. The van der Waals surface area contributed by atoms with E-state index in [2.05, 4.69) is 27.9 Å². The van der Waals surface area contributed by atoms with Gasteiger partial charge in [-0.25, -0.2) is 0 Å². The summed E-state index contributed by atoms with van der Waals surface area (Å²) in [6, 6.07) is 7.63. The molecule has 1 fully saturated rings. The fourth-order valence-electron chi connectivity index (χ4n) is 2.35. The molecule has 1 aromatic rings. The van der Waals surface area contributed by atoms with Gasteiger partial charge in [0.2, 0.25) is 0 Å². The fourth-order valence-corrected chi connectivity index (χ4v) is 3.12. The fraction of sp³-hybridized carbons (Fsp3) is 0.500. The van der Waals surface area contributed by atoms with Gasteiger partial charge in [-0.1, -0.05) is 6.42 Å². The minimum atomic E-state index is 0.0168. The van der Waals surface area contributed by atoms with Crippen molar-refractivity contribution in [2.24, 2.45) is 5.92 Å². The van der Waals surface area contributed by atoms with Gasteiger partial charge in [0.05, 0.1) is 0 Å². The van der Waals surface area contributed by atoms with Gasteiger partial charge in [-0.3, -0.25) is 4.79 Å². The summed E-state index contributed by atoms with van der Waals surface area (Å²) in [4.78, 5) is 11.9. The van der Waals surface area contributed by atoms with E-state index < -0.39 is 0 Å². The Hall–Kier alpha value is -0.290. The van der Waals surface area contributed by atoms with Gasteiger partial charge in [0.15, 0.2) is 0 Å². The number of nitrogens with one attached hydrogen (secondary N) is 1. The van der Waals surface area contributed by atoms with Gasteiger partial charge >= 0.3 is 0 Å². The van der Waals surface area contributed by atoms with Crippen LogP contribution in [0.15, 0.2) is 24.3 Å². The quantitative estimate of drug-likeness (QED) is 0.630. The molecule has 18 heavy (non-hydrogen) atoms. The summed E-state index contributed by atoms with van der Waals surface area (Å²) in [6.07, 6.45) is 4.49. The van der Waals surface area contributed by atoms with Crippen LogP contribution in [-0.2, 0) is 0 Å². The molecule has 98 valence electrons. The van der Waals surface area contributed by atoms with Crippen molar-refractivity contribution < 1.29 is 4.79 Å². The number of hydrogen-bond acceptors (Lipinski definition) is 1. The molecule has 1 saturated carbocycles. The largest absolute Gasteiger partial charge is 0.352 e. The molecule has 0 bridgehead atoms. The SMILES string of the molecule is O=C(NCC1CCCC(Cl)C1)c1ccc(I)cc1. The maximum atomic E-state index is 11.9. The van der Waals surface area contributed by atoms with Gasteiger partial charge in [0.25, 0.3) is 5.91 Å². The summed E-state index contributed by atoms with van der Waals surface area (Å²) < 4.78 is 1.14. The van der Waals surface area contributed by atoms with Crippen molar-refractivity contribution in [3.8, 4) is 0 Å². The summed E-state index contributed by atoms with van der Waals surface area (Å²) in [5.74, 6) is 0.553. The predicted molar refractivity (Wildman–Crippen MR) is 83.1 cm³/mol. The zero-order valence-corrected chi connectivity index (χ0v) is 13.1. The number of alkyl halides is 1. The Bertz CT molecular complexity index is 407. The van der Waals surface area contributed by atoms with E-state index in [-0.39, 0.29) is 5.91 Å². The number of benzene rings is 1. The van der Waals surface area contributed by atoms with Crippen LogP contribution < -0.4 is 5.32 Å². The number of halogens is 2. The van der Waals surface area contributed by atoms with Crippen molar-refractivity contribution in [1.29, 1.82) is 0 Å². The molecular formula is C14H17ClINO. The second-order valence-corrected chi connectivity index (χ2v) is 6.71. The number of amides is 1. The molecule has 0 radical (unpaired) electrons. The number of rotatable bonds is 3. The van der Waals surface area contributed by atoms with Crippen molar-refractivity contribution in [1.82, 2.24) is 5.32 Å². The molecule has 2 atom stereocenters. The van der Waals surface area contributed by atoms with E-state index in [1.807, 2.05) is 24.3 Å². The van der Waals surface area contributed by atoms with Gasteiger partial charge in [0, 0.05) is 21.1 Å². The van der Waals surface area contributed by atoms with Crippen LogP contribution >= 0.6 is 34.2 Å². The van der Waals surface area contributed by atoms with E-state index in [0.717, 1.165) is 28.5 Å². The Balaban J connectivity index is 1.82. The van der Waals surface area contributed by atoms with Gasteiger partial charge in [-0.05, 0) is 72.0 Å². The Labute approximate surface area is 127 Å². The highest BCUT2D eigenvalue weighted by atomic mass is 127. The lowest BCUT2D eigenvalue weighted by molar-refractivity contribution is 0.0943. The van der Waals surface area contributed by atoms with Gasteiger partial charge < -0.3 is 5.32 Å². The third kappa shape index (κ3) is 4.12. The maximum Gasteiger partial charge on any atom is 0.251 e. The molecular weight excluding hydrogens is 361 g/mol. The normalized spacial score (nSPS) is 23.7. The summed E-state index contributed by atoms with van der Waals surface area (Å²) in [7, 11) is 0. The summed E-state index contributed by atoms with van der Waals surface area (Å²) in [5.41, 5.74) is 0.730. The second-order valence-electron chi connectivity index (χ2n) is 4.85. The molecule has 1 aromatic carbocycles. The summed E-state index contributed by atoms with van der Waals surface area (Å²) in [5, 5.41) is 3.30. The lowest BCUT2D eigenvalue weighted by atomic mass is 9.89. The van der Waals surface area contributed by atoms with Crippen LogP contribution in [-0.4, -0.2) is 17.8 Å². The number of carbonyl (C=O) groups excluding carboxylic acids is 1. The first-order valence-corrected chi connectivity index (χ1v) is 7.84. The molecule has 2 rings (SSSR count). The first kappa shape index (κ1) is 14.1. The average Bonchev–Trinajstić information content (AvgIpc) is 2.37. The van der Waals surface area contributed by atoms with Crippen LogP contribution in [0.25, 0.3) is 0 Å². The molecule has 2 nitrogen and oxygen atoms in total. The monoisotopic (exact) mass is 377 g/mol. The predicted octanol–water partition coefficient (Wildman–Crippen LogP) is 3.82. The first-order valence-electron chi connectivity index (χ1n) is 6.33. The molecule has 1 amide bonds. The van der Waals surface area contributed by atoms with Gasteiger partial charge in [-0.15, -0.1) is 11.6 Å². The van der Waals surface area contributed by atoms with Crippen molar-refractivity contribution in [2.45, 2.75) is 31.1 Å². The Morgan fingerprint density at radius 2 is 2.06 bits per heavy atom. The smallest absolute Gasteiger partial charge is 0.251 e. The number of carbonyl (C=O) groups is 1. The van der Waals surface area contributed by atoms with Crippen molar-refractivity contribution in [3.63, 3.8) is 0 Å². The van der Waals surface area contributed by atoms with Crippen LogP contribution in [0.5, 0.6) is 0 Å². The molecule has 0 aliphatic heterocycles. The topological polar surface area (TPSA) is 29.1 Å². The third-order valence-corrected chi connectivity index (χ3v) is 4.49. The van der Waals surface area contributed by atoms with Crippen LogP contribution in [0.3, 0.4) is 0 Å². The molecule has 2 unspecified atom stereocenters. The zero-order valence-electron chi connectivity index (χ0n) is 10.2. The van der Waals surface area contributed by atoms with Crippen molar-refractivity contribution in [2.75, 3.05) is 6.54 Å².